The van der Waals surface area contributed by atoms with E-state index < -0.39 is 28.5 Å². The van der Waals surface area contributed by atoms with Gasteiger partial charge in [0, 0.05) is 12.6 Å². The van der Waals surface area contributed by atoms with Crippen molar-refractivity contribution < 1.29 is 22.7 Å². The summed E-state index contributed by atoms with van der Waals surface area (Å²) in [5.74, 6) is 0.455. The van der Waals surface area contributed by atoms with Crippen LogP contribution in [-0.4, -0.2) is 50.0 Å². The van der Waals surface area contributed by atoms with Gasteiger partial charge >= 0.3 is 0 Å². The number of aryl methyl sites for hydroxylation is 1. The Balaban J connectivity index is 1.90. The lowest BCUT2D eigenvalue weighted by atomic mass is 10.1. The standard InChI is InChI=1S/C31H39N3O5S/c1-6-24(4)32-31(36)29(7-2)33(21-25-13-11-12-23(3)20-25)30(35)22-34(40(5,37)38)26-16-18-28(19-17-26)39-27-14-9-8-10-15-27/h8-20,24,29H,6-7,21-22H2,1-5H3,(H,32,36)/t24-,29+/m1/s1. The molecule has 214 valence electrons. The van der Waals surface area contributed by atoms with Crippen molar-refractivity contribution in [2.75, 3.05) is 17.1 Å². The summed E-state index contributed by atoms with van der Waals surface area (Å²) in [6.07, 6.45) is 2.19. The number of carbonyl (C=O) groups is 2. The van der Waals surface area contributed by atoms with Crippen molar-refractivity contribution in [3.8, 4) is 11.5 Å². The van der Waals surface area contributed by atoms with Crippen LogP contribution in [0.1, 0.15) is 44.7 Å². The second kappa shape index (κ2) is 14.0. The van der Waals surface area contributed by atoms with Gasteiger partial charge in [0.2, 0.25) is 21.8 Å². The maximum Gasteiger partial charge on any atom is 0.244 e. The zero-order chi connectivity index (χ0) is 29.3. The van der Waals surface area contributed by atoms with Crippen molar-refractivity contribution in [2.24, 2.45) is 0 Å². The molecule has 3 aromatic rings. The minimum atomic E-state index is -3.83. The molecule has 9 heteroatoms. The van der Waals surface area contributed by atoms with Gasteiger partial charge in [-0.25, -0.2) is 8.42 Å². The number of ether oxygens (including phenoxy) is 1. The summed E-state index contributed by atoms with van der Waals surface area (Å²) in [7, 11) is -3.83. The number of para-hydroxylation sites is 1. The molecular formula is C31H39N3O5S. The predicted octanol–water partition coefficient (Wildman–Crippen LogP) is 5.28. The molecule has 0 heterocycles. The van der Waals surface area contributed by atoms with E-state index >= 15 is 0 Å². The Morgan fingerprint density at radius 2 is 1.55 bits per heavy atom. The van der Waals surface area contributed by atoms with E-state index in [2.05, 4.69) is 5.32 Å². The van der Waals surface area contributed by atoms with Gasteiger partial charge in [0.25, 0.3) is 0 Å². The minimum absolute atomic E-state index is 0.0541. The Hall–Kier alpha value is -3.85. The Kier molecular flexibility index (Phi) is 10.7. The molecule has 8 nitrogen and oxygen atoms in total. The van der Waals surface area contributed by atoms with Gasteiger partial charge in [-0.2, -0.15) is 0 Å². The third-order valence-corrected chi connectivity index (χ3v) is 7.75. The van der Waals surface area contributed by atoms with Crippen LogP contribution < -0.4 is 14.4 Å². The largest absolute Gasteiger partial charge is 0.457 e. The third-order valence-electron chi connectivity index (χ3n) is 6.61. The molecule has 1 N–H and O–H groups in total. The zero-order valence-corrected chi connectivity index (χ0v) is 24.6. The van der Waals surface area contributed by atoms with Crippen LogP contribution in [0.25, 0.3) is 0 Å². The molecule has 0 aliphatic carbocycles. The van der Waals surface area contributed by atoms with Crippen LogP contribution in [0.3, 0.4) is 0 Å². The lowest BCUT2D eigenvalue weighted by Crippen LogP contribution is -2.53. The van der Waals surface area contributed by atoms with Crippen molar-refractivity contribution in [2.45, 2.75) is 59.2 Å². The fourth-order valence-electron chi connectivity index (χ4n) is 4.29. The van der Waals surface area contributed by atoms with Gasteiger partial charge < -0.3 is 15.0 Å². The molecule has 2 amide bonds. The first-order valence-electron chi connectivity index (χ1n) is 13.5. The molecule has 0 aromatic heterocycles. The van der Waals surface area contributed by atoms with Crippen LogP contribution in [0.4, 0.5) is 5.69 Å². The molecule has 3 aromatic carbocycles. The first kappa shape index (κ1) is 30.7. The van der Waals surface area contributed by atoms with E-state index in [1.807, 2.05) is 82.3 Å². The summed E-state index contributed by atoms with van der Waals surface area (Å²) in [5.41, 5.74) is 2.21. The topological polar surface area (TPSA) is 96.0 Å². The van der Waals surface area contributed by atoms with E-state index in [-0.39, 0.29) is 18.5 Å². The maximum atomic E-state index is 13.8. The van der Waals surface area contributed by atoms with Crippen molar-refractivity contribution in [3.05, 3.63) is 90.0 Å². The summed E-state index contributed by atoms with van der Waals surface area (Å²) in [4.78, 5) is 28.6. The number of hydrogen-bond donors (Lipinski definition) is 1. The molecule has 0 saturated carbocycles. The quantitative estimate of drug-likeness (QED) is 0.304. The Morgan fingerprint density at radius 1 is 0.900 bits per heavy atom. The van der Waals surface area contributed by atoms with Gasteiger partial charge in [0.05, 0.1) is 11.9 Å². The number of nitrogens with one attached hydrogen (secondary N) is 1. The SMILES string of the molecule is CC[C@@H](C)NC(=O)[C@H](CC)N(Cc1cccc(C)c1)C(=O)CN(c1ccc(Oc2ccccc2)cc1)S(C)(=O)=O. The first-order chi connectivity index (χ1) is 19.0. The average Bonchev–Trinajstić information content (AvgIpc) is 2.92. The van der Waals surface area contributed by atoms with Gasteiger partial charge in [-0.3, -0.25) is 13.9 Å². The molecule has 0 aliphatic heterocycles. The number of sulfonamides is 1. The monoisotopic (exact) mass is 565 g/mol. The molecule has 0 unspecified atom stereocenters. The molecule has 0 spiro atoms. The lowest BCUT2D eigenvalue weighted by Gasteiger charge is -2.33. The zero-order valence-electron chi connectivity index (χ0n) is 23.8. The summed E-state index contributed by atoms with van der Waals surface area (Å²) in [6, 6.07) is 22.6. The molecule has 40 heavy (non-hydrogen) atoms. The smallest absolute Gasteiger partial charge is 0.244 e. The van der Waals surface area contributed by atoms with E-state index in [1.54, 1.807) is 24.3 Å². The van der Waals surface area contributed by atoms with Crippen molar-refractivity contribution in [1.82, 2.24) is 10.2 Å². The van der Waals surface area contributed by atoms with Crippen LogP contribution >= 0.6 is 0 Å². The van der Waals surface area contributed by atoms with Crippen LogP contribution in [0.2, 0.25) is 0 Å². The average molecular weight is 566 g/mol. The first-order valence-corrected chi connectivity index (χ1v) is 15.3. The number of hydrogen-bond acceptors (Lipinski definition) is 5. The molecule has 0 bridgehead atoms. The van der Waals surface area contributed by atoms with Crippen molar-refractivity contribution in [3.63, 3.8) is 0 Å². The van der Waals surface area contributed by atoms with Gasteiger partial charge in [-0.05, 0) is 68.7 Å². The number of anilines is 1. The summed E-state index contributed by atoms with van der Waals surface area (Å²) >= 11 is 0. The van der Waals surface area contributed by atoms with E-state index in [9.17, 15) is 18.0 Å². The predicted molar refractivity (Wildman–Crippen MR) is 159 cm³/mol. The molecule has 0 saturated heterocycles. The number of carbonyl (C=O) groups excluding carboxylic acids is 2. The Labute approximate surface area is 238 Å². The Bertz CT molecular complexity index is 1380. The number of benzene rings is 3. The molecule has 0 fully saturated rings. The number of amides is 2. The minimum Gasteiger partial charge on any atom is -0.457 e. The van der Waals surface area contributed by atoms with Gasteiger partial charge in [0.15, 0.2) is 0 Å². The molecular weight excluding hydrogens is 526 g/mol. The summed E-state index contributed by atoms with van der Waals surface area (Å²) < 4.78 is 32.6. The van der Waals surface area contributed by atoms with E-state index in [0.29, 0.717) is 23.6 Å². The van der Waals surface area contributed by atoms with E-state index in [4.69, 9.17) is 4.74 Å². The van der Waals surface area contributed by atoms with E-state index in [0.717, 1.165) is 28.1 Å². The van der Waals surface area contributed by atoms with Gasteiger partial charge in [0.1, 0.15) is 24.1 Å². The second-order valence-corrected chi connectivity index (χ2v) is 11.8. The van der Waals surface area contributed by atoms with Crippen LogP contribution in [0, 0.1) is 6.92 Å². The fourth-order valence-corrected chi connectivity index (χ4v) is 5.14. The molecule has 0 radical (unpaired) electrons. The highest BCUT2D eigenvalue weighted by atomic mass is 32.2. The summed E-state index contributed by atoms with van der Waals surface area (Å²) in [5, 5.41) is 2.98. The Morgan fingerprint density at radius 3 is 2.12 bits per heavy atom. The summed E-state index contributed by atoms with van der Waals surface area (Å²) in [6.45, 7) is 7.41. The van der Waals surface area contributed by atoms with Gasteiger partial charge in [-0.15, -0.1) is 0 Å². The van der Waals surface area contributed by atoms with Crippen molar-refractivity contribution >= 4 is 27.5 Å². The highest BCUT2D eigenvalue weighted by Crippen LogP contribution is 2.26. The van der Waals surface area contributed by atoms with Crippen LogP contribution in [0.15, 0.2) is 78.9 Å². The molecule has 0 aliphatic rings. The van der Waals surface area contributed by atoms with Crippen LogP contribution in [0.5, 0.6) is 11.5 Å². The molecule has 2 atom stereocenters. The highest BCUT2D eigenvalue weighted by molar-refractivity contribution is 7.92. The van der Waals surface area contributed by atoms with E-state index in [1.165, 1.54) is 4.90 Å². The number of rotatable bonds is 13. The fraction of sp³-hybridized carbons (Fsp3) is 0.355. The normalized spacial score (nSPS) is 12.7. The lowest BCUT2D eigenvalue weighted by molar-refractivity contribution is -0.140. The second-order valence-electron chi connectivity index (χ2n) is 9.93. The highest BCUT2D eigenvalue weighted by Gasteiger charge is 2.32. The third kappa shape index (κ3) is 8.58. The van der Waals surface area contributed by atoms with Crippen LogP contribution in [-0.2, 0) is 26.2 Å². The maximum absolute atomic E-state index is 13.8. The van der Waals surface area contributed by atoms with Crippen molar-refractivity contribution in [1.29, 1.82) is 0 Å². The van der Waals surface area contributed by atoms with Gasteiger partial charge in [-0.1, -0.05) is 61.9 Å². The molecule has 3 rings (SSSR count). The number of nitrogens with zero attached hydrogens (tertiary/aromatic N) is 2.